The Hall–Kier alpha value is -3.37. The first-order valence-corrected chi connectivity index (χ1v) is 9.56. The Morgan fingerprint density at radius 2 is 1.89 bits per heavy atom. The monoisotopic (exact) mass is 400 g/mol. The summed E-state index contributed by atoms with van der Waals surface area (Å²) in [7, 11) is -2.61. The molecule has 0 aliphatic heterocycles. The van der Waals surface area contributed by atoms with Crippen LogP contribution in [0.1, 0.15) is 0 Å². The van der Waals surface area contributed by atoms with E-state index in [1.54, 1.807) is 24.4 Å². The number of amides is 1. The van der Waals surface area contributed by atoms with Gasteiger partial charge in [-0.05, 0) is 24.3 Å². The molecular weight excluding hydrogens is 384 g/mol. The number of nitrogens with zero attached hydrogens (tertiary/aromatic N) is 3. The zero-order valence-electron chi connectivity index (χ0n) is 14.8. The third-order valence-electron chi connectivity index (χ3n) is 4.06. The van der Waals surface area contributed by atoms with Crippen molar-refractivity contribution in [1.29, 1.82) is 0 Å². The predicted octanol–water partition coefficient (Wildman–Crippen LogP) is 2.40. The number of hydrogen-bond acceptors (Lipinski definition) is 6. The number of sulfonamides is 1. The lowest BCUT2D eigenvalue weighted by Gasteiger charge is -2.18. The van der Waals surface area contributed by atoms with E-state index in [0.29, 0.717) is 16.5 Å². The second-order valence-corrected chi connectivity index (χ2v) is 7.98. The van der Waals surface area contributed by atoms with Crippen LogP contribution in [-0.2, 0) is 14.8 Å². The zero-order chi connectivity index (χ0) is 20.3. The van der Waals surface area contributed by atoms with Gasteiger partial charge in [0.15, 0.2) is 0 Å². The summed E-state index contributed by atoms with van der Waals surface area (Å²) < 4.78 is 26.8. The third-order valence-corrected chi connectivity index (χ3v) is 5.92. The Bertz CT molecular complexity index is 1140. The van der Waals surface area contributed by atoms with E-state index in [4.69, 9.17) is 0 Å². The maximum Gasteiger partial charge on any atom is 0.269 e. The van der Waals surface area contributed by atoms with E-state index >= 15 is 0 Å². The highest BCUT2D eigenvalue weighted by atomic mass is 32.2. The van der Waals surface area contributed by atoms with Crippen LogP contribution in [0.4, 0.5) is 11.4 Å². The van der Waals surface area contributed by atoms with Gasteiger partial charge in [-0.15, -0.1) is 0 Å². The lowest BCUT2D eigenvalue weighted by molar-refractivity contribution is -0.384. The van der Waals surface area contributed by atoms with Gasteiger partial charge in [-0.25, -0.2) is 8.42 Å². The third kappa shape index (κ3) is 3.97. The second-order valence-electron chi connectivity index (χ2n) is 5.97. The molecular formula is C18H16N4O5S. The van der Waals surface area contributed by atoms with Crippen molar-refractivity contribution in [2.45, 2.75) is 4.90 Å². The summed E-state index contributed by atoms with van der Waals surface area (Å²) in [5.41, 5.74) is 0.223. The number of anilines is 1. The average molecular weight is 400 g/mol. The van der Waals surface area contributed by atoms with Gasteiger partial charge in [0.1, 0.15) is 0 Å². The number of fused-ring (bicyclic) bond motifs is 1. The number of pyridine rings is 1. The van der Waals surface area contributed by atoms with Gasteiger partial charge in [-0.2, -0.15) is 4.31 Å². The molecule has 0 saturated carbocycles. The van der Waals surface area contributed by atoms with Crippen molar-refractivity contribution in [2.75, 3.05) is 18.9 Å². The van der Waals surface area contributed by atoms with Gasteiger partial charge in [0.05, 0.1) is 16.4 Å². The first kappa shape index (κ1) is 19.4. The fourth-order valence-electron chi connectivity index (χ4n) is 2.64. The Morgan fingerprint density at radius 3 is 2.57 bits per heavy atom. The number of nitrogens with one attached hydrogen (secondary N) is 1. The molecule has 3 rings (SSSR count). The van der Waals surface area contributed by atoms with Crippen molar-refractivity contribution < 1.29 is 18.1 Å². The minimum atomic E-state index is -3.92. The summed E-state index contributed by atoms with van der Waals surface area (Å²) in [5, 5.41) is 14.4. The molecule has 0 fully saturated rings. The maximum absolute atomic E-state index is 12.9. The van der Waals surface area contributed by atoms with Gasteiger partial charge < -0.3 is 5.32 Å². The highest BCUT2D eigenvalue weighted by Gasteiger charge is 2.25. The van der Waals surface area contributed by atoms with E-state index < -0.39 is 27.4 Å². The molecule has 1 heterocycles. The zero-order valence-corrected chi connectivity index (χ0v) is 15.6. The summed E-state index contributed by atoms with van der Waals surface area (Å²) in [5.74, 6) is -0.568. The average Bonchev–Trinajstić information content (AvgIpc) is 2.67. The van der Waals surface area contributed by atoms with E-state index in [2.05, 4.69) is 10.3 Å². The van der Waals surface area contributed by atoms with Gasteiger partial charge in [0.25, 0.3) is 5.69 Å². The minimum absolute atomic E-state index is 0.0815. The number of likely N-dealkylation sites (N-methyl/N-ethyl adjacent to an activating group) is 1. The first-order chi connectivity index (χ1) is 13.3. The Labute approximate surface area is 160 Å². The first-order valence-electron chi connectivity index (χ1n) is 8.12. The van der Waals surface area contributed by atoms with Crippen LogP contribution < -0.4 is 5.32 Å². The molecule has 3 aromatic rings. The standard InChI is InChI=1S/C18H16N4O5S/c1-21(12-18(23)20-14-5-7-15(8-6-14)22(24)25)28(26,27)17-4-2-3-13-11-19-10-9-16(13)17/h2-11H,12H2,1H3,(H,20,23). The fraction of sp³-hybridized carbons (Fsp3) is 0.111. The Morgan fingerprint density at radius 1 is 1.18 bits per heavy atom. The topological polar surface area (TPSA) is 123 Å². The van der Waals surface area contributed by atoms with Crippen LogP contribution in [0, 0.1) is 10.1 Å². The van der Waals surface area contributed by atoms with E-state index in [9.17, 15) is 23.3 Å². The van der Waals surface area contributed by atoms with Gasteiger partial charge in [-0.1, -0.05) is 12.1 Å². The van der Waals surface area contributed by atoms with Crippen LogP contribution in [0.3, 0.4) is 0 Å². The van der Waals surface area contributed by atoms with Crippen molar-refractivity contribution in [3.63, 3.8) is 0 Å². The normalized spacial score (nSPS) is 11.5. The lowest BCUT2D eigenvalue weighted by atomic mass is 10.2. The van der Waals surface area contributed by atoms with Gasteiger partial charge in [0, 0.05) is 48.0 Å². The number of carbonyl (C=O) groups excluding carboxylic acids is 1. The van der Waals surface area contributed by atoms with Gasteiger partial charge >= 0.3 is 0 Å². The van der Waals surface area contributed by atoms with Gasteiger partial charge in [-0.3, -0.25) is 19.9 Å². The summed E-state index contributed by atoms with van der Waals surface area (Å²) >= 11 is 0. The molecule has 0 bridgehead atoms. The van der Waals surface area contributed by atoms with Crippen LogP contribution in [0.2, 0.25) is 0 Å². The molecule has 28 heavy (non-hydrogen) atoms. The lowest BCUT2D eigenvalue weighted by Crippen LogP contribution is -2.35. The van der Waals surface area contributed by atoms with Crippen molar-refractivity contribution in [3.8, 4) is 0 Å². The molecule has 1 aromatic heterocycles. The summed E-state index contributed by atoms with van der Waals surface area (Å²) in [6.07, 6.45) is 3.07. The van der Waals surface area contributed by atoms with E-state index in [1.807, 2.05) is 0 Å². The van der Waals surface area contributed by atoms with Gasteiger partial charge in [0.2, 0.25) is 15.9 Å². The molecule has 1 N–H and O–H groups in total. The fourth-order valence-corrected chi connectivity index (χ4v) is 3.98. The molecule has 0 radical (unpaired) electrons. The van der Waals surface area contributed by atoms with Crippen LogP contribution in [-0.4, -0.2) is 42.1 Å². The highest BCUT2D eigenvalue weighted by Crippen LogP contribution is 2.24. The van der Waals surface area contributed by atoms with Crippen LogP contribution in [0.15, 0.2) is 65.8 Å². The summed E-state index contributed by atoms with van der Waals surface area (Å²) in [4.78, 5) is 26.4. The van der Waals surface area contributed by atoms with Crippen LogP contribution in [0.25, 0.3) is 10.8 Å². The SMILES string of the molecule is CN(CC(=O)Nc1ccc([N+](=O)[O-])cc1)S(=O)(=O)c1cccc2cnccc12. The number of hydrogen-bond donors (Lipinski definition) is 1. The molecule has 144 valence electrons. The molecule has 0 aliphatic carbocycles. The molecule has 0 saturated heterocycles. The van der Waals surface area contributed by atoms with Crippen molar-refractivity contribution >= 4 is 38.1 Å². The smallest absolute Gasteiger partial charge is 0.269 e. The summed E-state index contributed by atoms with van der Waals surface area (Å²) in [6.45, 7) is -0.416. The molecule has 10 heteroatoms. The maximum atomic E-state index is 12.9. The number of benzene rings is 2. The number of aromatic nitrogens is 1. The Balaban J connectivity index is 1.76. The highest BCUT2D eigenvalue weighted by molar-refractivity contribution is 7.89. The summed E-state index contributed by atoms with van der Waals surface area (Å²) in [6, 6.07) is 11.7. The quantitative estimate of drug-likeness (QED) is 0.501. The molecule has 9 nitrogen and oxygen atoms in total. The molecule has 1 amide bonds. The van der Waals surface area contributed by atoms with E-state index in [0.717, 1.165) is 4.31 Å². The number of nitro benzene ring substituents is 1. The van der Waals surface area contributed by atoms with E-state index in [-0.39, 0.29) is 10.6 Å². The molecule has 0 aliphatic rings. The minimum Gasteiger partial charge on any atom is -0.325 e. The number of nitro groups is 1. The van der Waals surface area contributed by atoms with Crippen LogP contribution >= 0.6 is 0 Å². The Kier molecular flexibility index (Phi) is 5.34. The van der Waals surface area contributed by atoms with E-state index in [1.165, 1.54) is 43.6 Å². The predicted molar refractivity (Wildman–Crippen MR) is 103 cm³/mol. The van der Waals surface area contributed by atoms with Crippen molar-refractivity contribution in [2.24, 2.45) is 0 Å². The largest absolute Gasteiger partial charge is 0.325 e. The van der Waals surface area contributed by atoms with Crippen molar-refractivity contribution in [3.05, 3.63) is 71.0 Å². The number of non-ortho nitro benzene ring substituents is 1. The van der Waals surface area contributed by atoms with Crippen molar-refractivity contribution in [1.82, 2.24) is 9.29 Å². The molecule has 0 unspecified atom stereocenters. The molecule has 0 atom stereocenters. The molecule has 2 aromatic carbocycles. The molecule has 0 spiro atoms. The number of rotatable bonds is 6. The van der Waals surface area contributed by atoms with Crippen LogP contribution in [0.5, 0.6) is 0 Å². The number of carbonyl (C=O) groups is 1. The second kappa shape index (κ2) is 7.71.